The summed E-state index contributed by atoms with van der Waals surface area (Å²) < 4.78 is 19.7. The summed E-state index contributed by atoms with van der Waals surface area (Å²) in [4.78, 5) is 16.6. The average molecular weight is 403 g/mol. The van der Waals surface area contributed by atoms with Crippen LogP contribution in [0.25, 0.3) is 0 Å². The van der Waals surface area contributed by atoms with E-state index < -0.39 is 0 Å². The van der Waals surface area contributed by atoms with Gasteiger partial charge in [-0.1, -0.05) is 42.1 Å². The van der Waals surface area contributed by atoms with Crippen molar-refractivity contribution in [3.63, 3.8) is 0 Å². The second-order valence-electron chi connectivity index (χ2n) is 5.79. The molecule has 0 spiro atoms. The van der Waals surface area contributed by atoms with Gasteiger partial charge in [-0.05, 0) is 29.3 Å². The summed E-state index contributed by atoms with van der Waals surface area (Å²) >= 11 is 2.94. The van der Waals surface area contributed by atoms with Gasteiger partial charge in [0.2, 0.25) is 5.91 Å². The molecule has 0 saturated heterocycles. The maximum atomic E-state index is 13.7. The molecule has 1 heterocycles. The highest BCUT2D eigenvalue weighted by Gasteiger charge is 2.09. The van der Waals surface area contributed by atoms with Crippen LogP contribution in [0.15, 0.2) is 58.3 Å². The third-order valence-corrected chi connectivity index (χ3v) is 5.92. The lowest BCUT2D eigenvalue weighted by Gasteiger charge is -2.06. The number of halogens is 1. The standard InChI is InChI=1S/C20H19FN2O2S2/c1-25-17-7-4-5-14(9-17)11-22-19(24)10-16-13-27-20(23-16)26-12-15-6-2-3-8-18(15)21/h2-9,13H,10-12H2,1H3,(H,22,24). The lowest BCUT2D eigenvalue weighted by Crippen LogP contribution is -2.24. The van der Waals surface area contributed by atoms with Gasteiger partial charge >= 0.3 is 0 Å². The Balaban J connectivity index is 1.48. The van der Waals surface area contributed by atoms with Crippen molar-refractivity contribution in [1.82, 2.24) is 10.3 Å². The second kappa shape index (κ2) is 9.53. The van der Waals surface area contributed by atoms with Crippen LogP contribution >= 0.6 is 23.1 Å². The number of rotatable bonds is 8. The van der Waals surface area contributed by atoms with E-state index in [1.807, 2.05) is 35.7 Å². The molecule has 0 aliphatic rings. The van der Waals surface area contributed by atoms with Crippen LogP contribution in [0.1, 0.15) is 16.8 Å². The molecule has 0 saturated carbocycles. The SMILES string of the molecule is COc1cccc(CNC(=O)Cc2csc(SCc3ccccc3F)n2)c1. The Morgan fingerprint density at radius 3 is 2.93 bits per heavy atom. The van der Waals surface area contributed by atoms with Gasteiger partial charge in [-0.3, -0.25) is 4.79 Å². The summed E-state index contributed by atoms with van der Waals surface area (Å²) in [5.74, 6) is 0.979. The van der Waals surface area contributed by atoms with E-state index in [1.54, 1.807) is 19.2 Å². The van der Waals surface area contributed by atoms with Crippen LogP contribution < -0.4 is 10.1 Å². The Morgan fingerprint density at radius 2 is 2.11 bits per heavy atom. The highest BCUT2D eigenvalue weighted by atomic mass is 32.2. The van der Waals surface area contributed by atoms with Gasteiger partial charge in [0.25, 0.3) is 0 Å². The van der Waals surface area contributed by atoms with Crippen LogP contribution in [-0.4, -0.2) is 18.0 Å². The molecule has 0 radical (unpaired) electrons. The molecule has 4 nitrogen and oxygen atoms in total. The number of benzene rings is 2. The number of methoxy groups -OCH3 is 1. The van der Waals surface area contributed by atoms with Gasteiger partial charge in [-0.15, -0.1) is 11.3 Å². The molecule has 1 aromatic heterocycles. The summed E-state index contributed by atoms with van der Waals surface area (Å²) in [6.45, 7) is 0.440. The molecule has 2 aromatic carbocycles. The highest BCUT2D eigenvalue weighted by molar-refractivity contribution is 8.00. The monoisotopic (exact) mass is 402 g/mol. The van der Waals surface area contributed by atoms with Crippen molar-refractivity contribution in [3.8, 4) is 5.75 Å². The summed E-state index contributed by atoms with van der Waals surface area (Å²) in [6, 6.07) is 14.3. The molecule has 1 amide bonds. The van der Waals surface area contributed by atoms with Crippen LogP contribution in [0.3, 0.4) is 0 Å². The number of carbonyl (C=O) groups is 1. The molecule has 0 aliphatic carbocycles. The smallest absolute Gasteiger partial charge is 0.226 e. The Bertz CT molecular complexity index is 914. The number of amides is 1. The fourth-order valence-electron chi connectivity index (χ4n) is 2.40. The number of hydrogen-bond acceptors (Lipinski definition) is 5. The number of hydrogen-bond donors (Lipinski definition) is 1. The van der Waals surface area contributed by atoms with E-state index in [-0.39, 0.29) is 18.1 Å². The van der Waals surface area contributed by atoms with Crippen LogP contribution in [0.2, 0.25) is 0 Å². The van der Waals surface area contributed by atoms with Crippen LogP contribution in [0, 0.1) is 5.82 Å². The van der Waals surface area contributed by atoms with Crippen LogP contribution in [-0.2, 0) is 23.5 Å². The molecule has 27 heavy (non-hydrogen) atoms. The molecule has 0 aliphatic heterocycles. The molecule has 0 bridgehead atoms. The van der Waals surface area contributed by atoms with Gasteiger partial charge in [-0.25, -0.2) is 9.37 Å². The Hall–Kier alpha value is -2.38. The summed E-state index contributed by atoms with van der Waals surface area (Å²) in [6.07, 6.45) is 0.223. The van der Waals surface area contributed by atoms with Gasteiger partial charge in [0.1, 0.15) is 15.9 Å². The minimum atomic E-state index is -0.210. The number of ether oxygens (including phenoxy) is 1. The zero-order chi connectivity index (χ0) is 19.1. The minimum Gasteiger partial charge on any atom is -0.497 e. The molecule has 3 aromatic rings. The van der Waals surface area contributed by atoms with Crippen molar-refractivity contribution in [3.05, 3.63) is 76.5 Å². The van der Waals surface area contributed by atoms with E-state index in [0.717, 1.165) is 21.3 Å². The highest BCUT2D eigenvalue weighted by Crippen LogP contribution is 2.27. The largest absolute Gasteiger partial charge is 0.497 e. The van der Waals surface area contributed by atoms with E-state index in [2.05, 4.69) is 10.3 Å². The maximum Gasteiger partial charge on any atom is 0.226 e. The fraction of sp³-hybridized carbons (Fsp3) is 0.200. The Kier molecular flexibility index (Phi) is 6.84. The molecule has 7 heteroatoms. The first-order valence-corrected chi connectivity index (χ1v) is 10.2. The maximum absolute atomic E-state index is 13.7. The zero-order valence-electron chi connectivity index (χ0n) is 14.8. The Labute approximate surface area is 165 Å². The van der Waals surface area contributed by atoms with Crippen molar-refractivity contribution in [2.45, 2.75) is 23.1 Å². The summed E-state index contributed by atoms with van der Waals surface area (Å²) in [5.41, 5.74) is 2.34. The summed E-state index contributed by atoms with van der Waals surface area (Å²) in [5, 5.41) is 4.76. The molecule has 140 valence electrons. The number of carbonyl (C=O) groups excluding carboxylic acids is 1. The zero-order valence-corrected chi connectivity index (χ0v) is 16.4. The Morgan fingerprint density at radius 1 is 1.26 bits per heavy atom. The predicted octanol–water partition coefficient (Wildman–Crippen LogP) is 4.44. The van der Waals surface area contributed by atoms with E-state index in [9.17, 15) is 9.18 Å². The number of nitrogens with zero attached hydrogens (tertiary/aromatic N) is 1. The van der Waals surface area contributed by atoms with Crippen LogP contribution in [0.5, 0.6) is 5.75 Å². The predicted molar refractivity (Wildman–Crippen MR) is 107 cm³/mol. The van der Waals surface area contributed by atoms with E-state index in [1.165, 1.54) is 29.2 Å². The number of aromatic nitrogens is 1. The van der Waals surface area contributed by atoms with Crippen molar-refractivity contribution in [1.29, 1.82) is 0 Å². The van der Waals surface area contributed by atoms with E-state index in [4.69, 9.17) is 4.74 Å². The van der Waals surface area contributed by atoms with Crippen molar-refractivity contribution in [2.24, 2.45) is 0 Å². The number of thioether (sulfide) groups is 1. The van der Waals surface area contributed by atoms with E-state index in [0.29, 0.717) is 17.9 Å². The topological polar surface area (TPSA) is 51.2 Å². The van der Waals surface area contributed by atoms with Gasteiger partial charge in [0.15, 0.2) is 0 Å². The normalized spacial score (nSPS) is 10.6. The molecule has 0 atom stereocenters. The summed E-state index contributed by atoms with van der Waals surface area (Å²) in [7, 11) is 1.61. The number of nitrogens with one attached hydrogen (secondary N) is 1. The first kappa shape index (κ1) is 19.4. The van der Waals surface area contributed by atoms with Crippen molar-refractivity contribution < 1.29 is 13.9 Å². The van der Waals surface area contributed by atoms with Crippen molar-refractivity contribution >= 4 is 29.0 Å². The van der Waals surface area contributed by atoms with Gasteiger partial charge in [-0.2, -0.15) is 0 Å². The molecule has 0 unspecified atom stereocenters. The molecule has 3 rings (SSSR count). The lowest BCUT2D eigenvalue weighted by molar-refractivity contribution is -0.120. The van der Waals surface area contributed by atoms with Gasteiger partial charge in [0.05, 0.1) is 19.2 Å². The minimum absolute atomic E-state index is 0.0891. The first-order chi connectivity index (χ1) is 13.1. The van der Waals surface area contributed by atoms with Gasteiger partial charge in [0, 0.05) is 17.7 Å². The molecule has 0 fully saturated rings. The van der Waals surface area contributed by atoms with Crippen LogP contribution in [0.4, 0.5) is 4.39 Å². The molecule has 1 N–H and O–H groups in total. The second-order valence-corrected chi connectivity index (χ2v) is 7.87. The first-order valence-electron chi connectivity index (χ1n) is 8.34. The average Bonchev–Trinajstić information content (AvgIpc) is 3.13. The molecular formula is C20H19FN2O2S2. The molecular weight excluding hydrogens is 383 g/mol. The fourth-order valence-corrected chi connectivity index (χ4v) is 4.23. The van der Waals surface area contributed by atoms with E-state index >= 15 is 0 Å². The number of thiazole rings is 1. The van der Waals surface area contributed by atoms with Gasteiger partial charge < -0.3 is 10.1 Å². The lowest BCUT2D eigenvalue weighted by atomic mass is 10.2. The van der Waals surface area contributed by atoms with Crippen molar-refractivity contribution in [2.75, 3.05) is 7.11 Å². The third kappa shape index (κ3) is 5.80. The quantitative estimate of drug-likeness (QED) is 0.566. The third-order valence-electron chi connectivity index (χ3n) is 3.81.